The first kappa shape index (κ1) is 8.62. The molecule has 0 aliphatic heterocycles. The molecule has 0 spiro atoms. The van der Waals surface area contributed by atoms with Crippen molar-refractivity contribution >= 4 is 6.29 Å². The molecule has 2 rings (SSSR count). The van der Waals surface area contributed by atoms with E-state index in [0.29, 0.717) is 5.56 Å². The average molecular weight is 187 g/mol. The predicted molar refractivity (Wildman–Crippen MR) is 51.5 cm³/mol. The van der Waals surface area contributed by atoms with Gasteiger partial charge in [0.25, 0.3) is 0 Å². The maximum atomic E-state index is 10.6. The van der Waals surface area contributed by atoms with E-state index in [4.69, 9.17) is 0 Å². The van der Waals surface area contributed by atoms with Crippen LogP contribution in [0, 0.1) is 6.92 Å². The minimum Gasteiger partial charge on any atom is -0.298 e. The average Bonchev–Trinajstić information content (AvgIpc) is 2.61. The van der Waals surface area contributed by atoms with E-state index in [9.17, 15) is 4.79 Å². The summed E-state index contributed by atoms with van der Waals surface area (Å²) in [5.74, 6) is 0. The molecule has 0 saturated heterocycles. The Labute approximate surface area is 81.2 Å². The maximum absolute atomic E-state index is 10.6. The summed E-state index contributed by atoms with van der Waals surface area (Å²) in [7, 11) is 0. The largest absolute Gasteiger partial charge is 0.298 e. The third-order valence-corrected chi connectivity index (χ3v) is 1.99. The quantitative estimate of drug-likeness (QED) is 0.667. The summed E-state index contributed by atoms with van der Waals surface area (Å²) in [4.78, 5) is 14.5. The summed E-state index contributed by atoms with van der Waals surface area (Å²) < 4.78 is 1.67. The van der Waals surface area contributed by atoms with Crippen LogP contribution >= 0.6 is 0 Å². The Balaban J connectivity index is 2.48. The molecule has 2 heterocycles. The van der Waals surface area contributed by atoms with Crippen molar-refractivity contribution in [3.05, 3.63) is 42.0 Å². The van der Waals surface area contributed by atoms with E-state index in [1.807, 2.05) is 12.1 Å². The topological polar surface area (TPSA) is 47.8 Å². The highest BCUT2D eigenvalue weighted by Gasteiger charge is 2.04. The van der Waals surface area contributed by atoms with Gasteiger partial charge in [-0.05, 0) is 19.1 Å². The number of pyridine rings is 1. The Kier molecular flexibility index (Phi) is 2.10. The lowest BCUT2D eigenvalue weighted by atomic mass is 10.3. The number of carbonyl (C=O) groups is 1. The van der Waals surface area contributed by atoms with Gasteiger partial charge in [0.05, 0.1) is 16.9 Å². The van der Waals surface area contributed by atoms with Crippen molar-refractivity contribution in [3.63, 3.8) is 0 Å². The van der Waals surface area contributed by atoms with Crippen LogP contribution in [0.3, 0.4) is 0 Å². The number of nitrogens with zero attached hydrogens (tertiary/aromatic N) is 3. The Morgan fingerprint density at radius 1 is 1.36 bits per heavy atom. The Morgan fingerprint density at radius 2 is 2.07 bits per heavy atom. The van der Waals surface area contributed by atoms with E-state index in [0.717, 1.165) is 17.7 Å². The van der Waals surface area contributed by atoms with Crippen molar-refractivity contribution in [1.82, 2.24) is 14.8 Å². The third kappa shape index (κ3) is 1.42. The van der Waals surface area contributed by atoms with Crippen LogP contribution in [0.15, 0.2) is 30.7 Å². The summed E-state index contributed by atoms with van der Waals surface area (Å²) in [5, 5.41) is 4.21. The van der Waals surface area contributed by atoms with Gasteiger partial charge in [-0.15, -0.1) is 0 Å². The highest BCUT2D eigenvalue weighted by atomic mass is 16.1. The van der Waals surface area contributed by atoms with E-state index in [1.165, 1.54) is 0 Å². The standard InChI is InChI=1S/C10H9N3O/c1-8-9(7-14)6-13(12-8)10-2-4-11-5-3-10/h2-7H,1H3. The number of aromatic nitrogens is 3. The lowest BCUT2D eigenvalue weighted by molar-refractivity contribution is 0.112. The van der Waals surface area contributed by atoms with E-state index in [1.54, 1.807) is 30.2 Å². The lowest BCUT2D eigenvalue weighted by Crippen LogP contribution is -1.94. The summed E-state index contributed by atoms with van der Waals surface area (Å²) in [5.41, 5.74) is 2.25. The van der Waals surface area contributed by atoms with Gasteiger partial charge in [-0.2, -0.15) is 5.10 Å². The van der Waals surface area contributed by atoms with Crippen molar-refractivity contribution in [2.45, 2.75) is 6.92 Å². The molecule has 70 valence electrons. The van der Waals surface area contributed by atoms with Crippen molar-refractivity contribution in [1.29, 1.82) is 0 Å². The maximum Gasteiger partial charge on any atom is 0.153 e. The Hall–Kier alpha value is -1.97. The van der Waals surface area contributed by atoms with Gasteiger partial charge in [0.15, 0.2) is 6.29 Å². The van der Waals surface area contributed by atoms with Gasteiger partial charge in [0.1, 0.15) is 0 Å². The molecule has 14 heavy (non-hydrogen) atoms. The number of carbonyl (C=O) groups excluding carboxylic acids is 1. The summed E-state index contributed by atoms with van der Waals surface area (Å²) in [6.07, 6.45) is 5.89. The summed E-state index contributed by atoms with van der Waals surface area (Å²) in [6, 6.07) is 3.67. The molecular formula is C10H9N3O. The molecule has 2 aromatic rings. The molecule has 0 atom stereocenters. The van der Waals surface area contributed by atoms with E-state index < -0.39 is 0 Å². The first-order valence-corrected chi connectivity index (χ1v) is 4.23. The number of hydrogen-bond donors (Lipinski definition) is 0. The molecular weight excluding hydrogens is 178 g/mol. The second-order valence-electron chi connectivity index (χ2n) is 2.94. The highest BCUT2D eigenvalue weighted by molar-refractivity contribution is 5.76. The molecule has 0 aliphatic rings. The molecule has 0 radical (unpaired) electrons. The summed E-state index contributed by atoms with van der Waals surface area (Å²) in [6.45, 7) is 1.81. The number of rotatable bonds is 2. The van der Waals surface area contributed by atoms with Crippen molar-refractivity contribution < 1.29 is 4.79 Å². The van der Waals surface area contributed by atoms with Gasteiger partial charge >= 0.3 is 0 Å². The molecule has 0 fully saturated rings. The molecule has 0 aliphatic carbocycles. The molecule has 0 amide bonds. The molecule has 4 heteroatoms. The fourth-order valence-corrected chi connectivity index (χ4v) is 1.22. The molecule has 2 aromatic heterocycles. The van der Waals surface area contributed by atoms with Crippen LogP contribution in [0.25, 0.3) is 5.69 Å². The predicted octanol–water partition coefficient (Wildman–Crippen LogP) is 1.39. The molecule has 0 saturated carbocycles. The molecule has 4 nitrogen and oxygen atoms in total. The molecule has 0 bridgehead atoms. The zero-order valence-electron chi connectivity index (χ0n) is 7.71. The molecule has 0 aromatic carbocycles. The van der Waals surface area contributed by atoms with Crippen LogP contribution < -0.4 is 0 Å². The van der Waals surface area contributed by atoms with Gasteiger partial charge < -0.3 is 0 Å². The van der Waals surface area contributed by atoms with Crippen LogP contribution in [-0.4, -0.2) is 21.1 Å². The first-order valence-electron chi connectivity index (χ1n) is 4.23. The highest BCUT2D eigenvalue weighted by Crippen LogP contribution is 2.08. The Morgan fingerprint density at radius 3 is 2.64 bits per heavy atom. The van der Waals surface area contributed by atoms with E-state index >= 15 is 0 Å². The van der Waals surface area contributed by atoms with Crippen LogP contribution in [0.2, 0.25) is 0 Å². The zero-order valence-corrected chi connectivity index (χ0v) is 7.71. The van der Waals surface area contributed by atoms with Crippen molar-refractivity contribution in [2.75, 3.05) is 0 Å². The van der Waals surface area contributed by atoms with Crippen LogP contribution in [0.5, 0.6) is 0 Å². The van der Waals surface area contributed by atoms with E-state index in [-0.39, 0.29) is 0 Å². The zero-order chi connectivity index (χ0) is 9.97. The number of aldehydes is 1. The Bertz CT molecular complexity index is 448. The second-order valence-corrected chi connectivity index (χ2v) is 2.94. The molecule has 0 unspecified atom stereocenters. The van der Waals surface area contributed by atoms with Crippen LogP contribution in [0.1, 0.15) is 16.1 Å². The molecule has 0 N–H and O–H groups in total. The van der Waals surface area contributed by atoms with Gasteiger partial charge in [0, 0.05) is 18.6 Å². The minimum atomic E-state index is 0.613. The fourth-order valence-electron chi connectivity index (χ4n) is 1.22. The number of hydrogen-bond acceptors (Lipinski definition) is 3. The van der Waals surface area contributed by atoms with Gasteiger partial charge in [-0.25, -0.2) is 4.68 Å². The minimum absolute atomic E-state index is 0.613. The fraction of sp³-hybridized carbons (Fsp3) is 0.100. The van der Waals surface area contributed by atoms with Crippen LogP contribution in [0.4, 0.5) is 0 Å². The van der Waals surface area contributed by atoms with Gasteiger partial charge in [0.2, 0.25) is 0 Å². The van der Waals surface area contributed by atoms with E-state index in [2.05, 4.69) is 10.1 Å². The summed E-state index contributed by atoms with van der Waals surface area (Å²) >= 11 is 0. The third-order valence-electron chi connectivity index (χ3n) is 1.99. The monoisotopic (exact) mass is 187 g/mol. The van der Waals surface area contributed by atoms with Crippen molar-refractivity contribution in [2.24, 2.45) is 0 Å². The van der Waals surface area contributed by atoms with Crippen molar-refractivity contribution in [3.8, 4) is 5.69 Å². The van der Waals surface area contributed by atoms with Gasteiger partial charge in [-0.3, -0.25) is 9.78 Å². The van der Waals surface area contributed by atoms with Gasteiger partial charge in [-0.1, -0.05) is 0 Å². The first-order chi connectivity index (χ1) is 6.81. The smallest absolute Gasteiger partial charge is 0.153 e. The second kappa shape index (κ2) is 3.41. The number of aryl methyl sites for hydroxylation is 1. The van der Waals surface area contributed by atoms with Crippen LogP contribution in [-0.2, 0) is 0 Å². The normalized spacial score (nSPS) is 10.1. The SMILES string of the molecule is Cc1nn(-c2ccncc2)cc1C=O. The lowest BCUT2D eigenvalue weighted by Gasteiger charge is -1.97.